The minimum atomic E-state index is -0.548. The summed E-state index contributed by atoms with van der Waals surface area (Å²) < 4.78 is 5.68. The molecule has 1 aromatic carbocycles. The van der Waals surface area contributed by atoms with E-state index < -0.39 is 6.10 Å². The van der Waals surface area contributed by atoms with Crippen LogP contribution in [0.1, 0.15) is 43.9 Å². The lowest BCUT2D eigenvalue weighted by Gasteiger charge is -2.36. The van der Waals surface area contributed by atoms with Crippen LogP contribution in [0.5, 0.6) is 0 Å². The standard InChI is InChI=1S/C16H22N2O2/c1-16(2)9-14(7-8-20-16)18-11-15(19)13-5-3-12(10-17)4-6-13/h3-6,14-15,18-19H,7-9,11H2,1-2H3. The normalized spacial score (nSPS) is 23.0. The average molecular weight is 274 g/mol. The third-order valence-corrected chi connectivity index (χ3v) is 3.72. The fourth-order valence-corrected chi connectivity index (χ4v) is 2.58. The molecule has 1 aliphatic rings. The first-order valence-electron chi connectivity index (χ1n) is 7.06. The summed E-state index contributed by atoms with van der Waals surface area (Å²) in [7, 11) is 0. The first-order chi connectivity index (χ1) is 9.50. The minimum absolute atomic E-state index is 0.0880. The average Bonchev–Trinajstić information content (AvgIpc) is 2.44. The Hall–Kier alpha value is -1.41. The van der Waals surface area contributed by atoms with Crippen molar-refractivity contribution in [3.05, 3.63) is 35.4 Å². The van der Waals surface area contributed by atoms with E-state index in [9.17, 15) is 5.11 Å². The Morgan fingerprint density at radius 1 is 1.45 bits per heavy atom. The van der Waals surface area contributed by atoms with Crippen LogP contribution in [0.25, 0.3) is 0 Å². The highest BCUT2D eigenvalue weighted by Crippen LogP contribution is 2.24. The van der Waals surface area contributed by atoms with Gasteiger partial charge in [-0.05, 0) is 44.4 Å². The van der Waals surface area contributed by atoms with Gasteiger partial charge in [0.1, 0.15) is 0 Å². The molecule has 0 spiro atoms. The quantitative estimate of drug-likeness (QED) is 0.883. The van der Waals surface area contributed by atoms with E-state index >= 15 is 0 Å². The van der Waals surface area contributed by atoms with Crippen LogP contribution >= 0.6 is 0 Å². The van der Waals surface area contributed by atoms with Crippen molar-refractivity contribution < 1.29 is 9.84 Å². The summed E-state index contributed by atoms with van der Waals surface area (Å²) >= 11 is 0. The van der Waals surface area contributed by atoms with Gasteiger partial charge in [0.15, 0.2) is 0 Å². The number of nitrogens with one attached hydrogen (secondary N) is 1. The van der Waals surface area contributed by atoms with Gasteiger partial charge in [0.25, 0.3) is 0 Å². The number of ether oxygens (including phenoxy) is 1. The lowest BCUT2D eigenvalue weighted by atomic mass is 9.93. The molecule has 1 aromatic rings. The molecule has 1 heterocycles. The SMILES string of the molecule is CC1(C)CC(NCC(O)c2ccc(C#N)cc2)CCO1. The van der Waals surface area contributed by atoms with Gasteiger partial charge in [-0.15, -0.1) is 0 Å². The summed E-state index contributed by atoms with van der Waals surface area (Å²) in [6.45, 7) is 5.47. The molecule has 0 aliphatic carbocycles. The van der Waals surface area contributed by atoms with Crippen LogP contribution in [0.15, 0.2) is 24.3 Å². The summed E-state index contributed by atoms with van der Waals surface area (Å²) in [5.41, 5.74) is 1.36. The molecule has 1 saturated heterocycles. The maximum atomic E-state index is 10.2. The lowest BCUT2D eigenvalue weighted by molar-refractivity contribution is -0.0638. The molecule has 4 nitrogen and oxygen atoms in total. The molecule has 0 radical (unpaired) electrons. The Morgan fingerprint density at radius 3 is 2.75 bits per heavy atom. The molecule has 4 heteroatoms. The smallest absolute Gasteiger partial charge is 0.0991 e. The first kappa shape index (κ1) is 15.0. The van der Waals surface area contributed by atoms with Crippen LogP contribution in [-0.2, 0) is 4.74 Å². The second-order valence-corrected chi connectivity index (χ2v) is 5.96. The van der Waals surface area contributed by atoms with Crippen molar-refractivity contribution in [3.63, 3.8) is 0 Å². The molecule has 20 heavy (non-hydrogen) atoms. The van der Waals surface area contributed by atoms with Gasteiger partial charge in [0.2, 0.25) is 0 Å². The topological polar surface area (TPSA) is 65.3 Å². The Morgan fingerprint density at radius 2 is 2.15 bits per heavy atom. The molecule has 0 saturated carbocycles. The zero-order chi connectivity index (χ0) is 14.6. The van der Waals surface area contributed by atoms with Gasteiger partial charge >= 0.3 is 0 Å². The van der Waals surface area contributed by atoms with E-state index in [2.05, 4.69) is 25.2 Å². The van der Waals surface area contributed by atoms with E-state index in [0.29, 0.717) is 18.2 Å². The zero-order valence-electron chi connectivity index (χ0n) is 12.1. The number of nitriles is 1. The van der Waals surface area contributed by atoms with Crippen molar-refractivity contribution in [1.29, 1.82) is 5.26 Å². The summed E-state index contributed by atoms with van der Waals surface area (Å²) in [4.78, 5) is 0. The molecular weight excluding hydrogens is 252 g/mol. The van der Waals surface area contributed by atoms with Crippen LogP contribution in [-0.4, -0.2) is 29.9 Å². The summed E-state index contributed by atoms with van der Waals surface area (Å²) in [5, 5.41) is 22.3. The maximum absolute atomic E-state index is 10.2. The van der Waals surface area contributed by atoms with Gasteiger partial charge in [-0.3, -0.25) is 0 Å². The Labute approximate surface area is 120 Å². The van der Waals surface area contributed by atoms with Gasteiger partial charge < -0.3 is 15.2 Å². The maximum Gasteiger partial charge on any atom is 0.0991 e. The van der Waals surface area contributed by atoms with Gasteiger partial charge in [-0.1, -0.05) is 12.1 Å². The highest BCUT2D eigenvalue weighted by molar-refractivity contribution is 5.32. The molecule has 0 aromatic heterocycles. The fraction of sp³-hybridized carbons (Fsp3) is 0.562. The number of aliphatic hydroxyl groups is 1. The minimum Gasteiger partial charge on any atom is -0.387 e. The van der Waals surface area contributed by atoms with Gasteiger partial charge in [-0.2, -0.15) is 5.26 Å². The number of benzene rings is 1. The molecule has 108 valence electrons. The molecule has 1 fully saturated rings. The van der Waals surface area contributed by atoms with Crippen molar-refractivity contribution in [3.8, 4) is 6.07 Å². The van der Waals surface area contributed by atoms with Crippen LogP contribution in [0.4, 0.5) is 0 Å². The molecular formula is C16H22N2O2. The second kappa shape index (κ2) is 6.36. The Balaban J connectivity index is 1.85. The molecule has 0 bridgehead atoms. The molecule has 2 atom stereocenters. The molecule has 0 amide bonds. The third kappa shape index (κ3) is 4.04. The highest BCUT2D eigenvalue weighted by Gasteiger charge is 2.28. The highest BCUT2D eigenvalue weighted by atomic mass is 16.5. The summed E-state index contributed by atoms with van der Waals surface area (Å²) in [6, 6.07) is 9.53. The molecule has 2 N–H and O–H groups in total. The van der Waals surface area contributed by atoms with Crippen LogP contribution < -0.4 is 5.32 Å². The van der Waals surface area contributed by atoms with E-state index in [0.717, 1.165) is 25.0 Å². The fourth-order valence-electron chi connectivity index (χ4n) is 2.58. The Kier molecular flexibility index (Phi) is 4.77. The predicted octanol–water partition coefficient (Wildman–Crippen LogP) is 2.14. The van der Waals surface area contributed by atoms with Crippen molar-refractivity contribution in [2.24, 2.45) is 0 Å². The van der Waals surface area contributed by atoms with E-state index in [4.69, 9.17) is 10.00 Å². The first-order valence-corrected chi connectivity index (χ1v) is 7.06. The van der Waals surface area contributed by atoms with E-state index in [-0.39, 0.29) is 5.60 Å². The van der Waals surface area contributed by atoms with Gasteiger partial charge in [0.05, 0.1) is 23.3 Å². The zero-order valence-corrected chi connectivity index (χ0v) is 12.1. The molecule has 1 aliphatic heterocycles. The van der Waals surface area contributed by atoms with Crippen molar-refractivity contribution in [2.45, 2.75) is 44.4 Å². The number of rotatable bonds is 4. The summed E-state index contributed by atoms with van der Waals surface area (Å²) in [6.07, 6.45) is 1.38. The number of hydrogen-bond acceptors (Lipinski definition) is 4. The van der Waals surface area contributed by atoms with Gasteiger partial charge in [-0.25, -0.2) is 0 Å². The van der Waals surface area contributed by atoms with E-state index in [1.54, 1.807) is 24.3 Å². The molecule has 2 rings (SSSR count). The Bertz CT molecular complexity index is 476. The van der Waals surface area contributed by atoms with E-state index in [1.807, 2.05) is 0 Å². The molecule has 2 unspecified atom stereocenters. The second-order valence-electron chi connectivity index (χ2n) is 5.96. The third-order valence-electron chi connectivity index (χ3n) is 3.72. The number of hydrogen-bond donors (Lipinski definition) is 2. The predicted molar refractivity (Wildman–Crippen MR) is 77.2 cm³/mol. The van der Waals surface area contributed by atoms with Crippen molar-refractivity contribution in [2.75, 3.05) is 13.2 Å². The number of nitrogens with zero attached hydrogens (tertiary/aromatic N) is 1. The van der Waals surface area contributed by atoms with Crippen LogP contribution in [0, 0.1) is 11.3 Å². The largest absolute Gasteiger partial charge is 0.387 e. The monoisotopic (exact) mass is 274 g/mol. The van der Waals surface area contributed by atoms with E-state index in [1.165, 1.54) is 0 Å². The van der Waals surface area contributed by atoms with Gasteiger partial charge in [0, 0.05) is 19.2 Å². The van der Waals surface area contributed by atoms with Crippen LogP contribution in [0.2, 0.25) is 0 Å². The van der Waals surface area contributed by atoms with Crippen molar-refractivity contribution in [1.82, 2.24) is 5.32 Å². The van der Waals surface area contributed by atoms with Crippen molar-refractivity contribution >= 4 is 0 Å². The summed E-state index contributed by atoms with van der Waals surface area (Å²) in [5.74, 6) is 0. The van der Waals surface area contributed by atoms with Crippen LogP contribution in [0.3, 0.4) is 0 Å². The lowest BCUT2D eigenvalue weighted by Crippen LogP contribution is -2.44. The number of aliphatic hydroxyl groups excluding tert-OH is 1.